The lowest BCUT2D eigenvalue weighted by Gasteiger charge is -2.07. The van der Waals surface area contributed by atoms with Crippen LogP contribution in [0.2, 0.25) is 0 Å². The van der Waals surface area contributed by atoms with Crippen LogP contribution in [-0.4, -0.2) is 15.6 Å². The molecule has 19 heavy (non-hydrogen) atoms. The number of benzene rings is 1. The van der Waals surface area contributed by atoms with Gasteiger partial charge in [0.2, 0.25) is 0 Å². The van der Waals surface area contributed by atoms with Crippen LogP contribution >= 0.6 is 0 Å². The second-order valence-electron chi connectivity index (χ2n) is 5.20. The van der Waals surface area contributed by atoms with Crippen LogP contribution in [0.15, 0.2) is 42.7 Å². The first-order valence-electron chi connectivity index (χ1n) is 6.93. The van der Waals surface area contributed by atoms with Gasteiger partial charge in [0.15, 0.2) is 0 Å². The van der Waals surface area contributed by atoms with E-state index in [0.717, 1.165) is 37.8 Å². The third kappa shape index (κ3) is 2.75. The largest absolute Gasteiger partial charge is 0.299 e. The summed E-state index contributed by atoms with van der Waals surface area (Å²) in [5.74, 6) is 0.708. The van der Waals surface area contributed by atoms with Gasteiger partial charge in [-0.25, -0.2) is 0 Å². The molecule has 0 bridgehead atoms. The zero-order chi connectivity index (χ0) is 13.1. The Labute approximate surface area is 113 Å². The number of nitrogens with zero attached hydrogens (tertiary/aromatic N) is 2. The third-order valence-corrected chi connectivity index (χ3v) is 3.88. The van der Waals surface area contributed by atoms with Crippen LogP contribution in [-0.2, 0) is 11.3 Å². The summed E-state index contributed by atoms with van der Waals surface area (Å²) in [7, 11) is 0. The molecule has 2 aromatic rings. The quantitative estimate of drug-likeness (QED) is 0.839. The van der Waals surface area contributed by atoms with E-state index < -0.39 is 0 Å². The molecule has 1 fully saturated rings. The minimum atomic E-state index is 0.268. The summed E-state index contributed by atoms with van der Waals surface area (Å²) in [6.07, 6.45) is 7.79. The van der Waals surface area contributed by atoms with Gasteiger partial charge < -0.3 is 0 Å². The van der Waals surface area contributed by atoms with Crippen molar-refractivity contribution in [2.75, 3.05) is 0 Å². The molecule has 3 heteroatoms. The zero-order valence-corrected chi connectivity index (χ0v) is 11.0. The number of ketones is 1. The Morgan fingerprint density at radius 3 is 2.79 bits per heavy atom. The summed E-state index contributed by atoms with van der Waals surface area (Å²) < 4.78 is 1.95. The molecule has 1 heterocycles. The number of hydrogen-bond acceptors (Lipinski definition) is 2. The predicted molar refractivity (Wildman–Crippen MR) is 74.6 cm³/mol. The van der Waals surface area contributed by atoms with Crippen LogP contribution in [0, 0.1) is 5.92 Å². The van der Waals surface area contributed by atoms with Crippen molar-refractivity contribution in [3.8, 4) is 11.1 Å². The summed E-state index contributed by atoms with van der Waals surface area (Å²) in [5.41, 5.74) is 2.32. The number of carbonyl (C=O) groups is 1. The van der Waals surface area contributed by atoms with E-state index in [9.17, 15) is 4.79 Å². The number of carbonyl (C=O) groups excluding carboxylic acids is 1. The molecule has 1 aromatic heterocycles. The van der Waals surface area contributed by atoms with Gasteiger partial charge in [0.05, 0.1) is 6.20 Å². The van der Waals surface area contributed by atoms with Crippen LogP contribution in [0.1, 0.15) is 25.7 Å². The van der Waals surface area contributed by atoms with Crippen molar-refractivity contribution in [1.29, 1.82) is 0 Å². The highest BCUT2D eigenvalue weighted by molar-refractivity contribution is 5.82. The van der Waals surface area contributed by atoms with E-state index in [1.54, 1.807) is 0 Å². The Hall–Kier alpha value is -1.90. The molecule has 0 spiro atoms. The smallest absolute Gasteiger partial charge is 0.136 e. The molecular weight excluding hydrogens is 236 g/mol. The monoisotopic (exact) mass is 254 g/mol. The topological polar surface area (TPSA) is 34.9 Å². The average Bonchev–Trinajstić information content (AvgIpc) is 3.06. The molecule has 1 aromatic carbocycles. The number of aromatic nitrogens is 2. The zero-order valence-electron chi connectivity index (χ0n) is 11.0. The molecular formula is C16H18N2O. The maximum Gasteiger partial charge on any atom is 0.136 e. The molecule has 98 valence electrons. The fourth-order valence-electron chi connectivity index (χ4n) is 2.75. The van der Waals surface area contributed by atoms with E-state index in [1.165, 1.54) is 5.56 Å². The molecule has 1 aliphatic rings. The fraction of sp³-hybridized carbons (Fsp3) is 0.375. The maximum atomic E-state index is 11.6. The molecule has 3 nitrogen and oxygen atoms in total. The SMILES string of the molecule is O=C1CCCC1CCn1cc(-c2ccccc2)cn1. The van der Waals surface area contributed by atoms with E-state index in [0.29, 0.717) is 5.78 Å². The van der Waals surface area contributed by atoms with E-state index in [2.05, 4.69) is 23.4 Å². The van der Waals surface area contributed by atoms with Crippen molar-refractivity contribution in [2.24, 2.45) is 5.92 Å². The van der Waals surface area contributed by atoms with Gasteiger partial charge in [0.1, 0.15) is 5.78 Å². The van der Waals surface area contributed by atoms with Crippen molar-refractivity contribution >= 4 is 5.78 Å². The highest BCUT2D eigenvalue weighted by Gasteiger charge is 2.23. The summed E-state index contributed by atoms with van der Waals surface area (Å²) >= 11 is 0. The summed E-state index contributed by atoms with van der Waals surface area (Å²) in [6, 6.07) is 10.2. The van der Waals surface area contributed by atoms with Gasteiger partial charge in [0, 0.05) is 30.6 Å². The molecule has 1 atom stereocenters. The first-order valence-corrected chi connectivity index (χ1v) is 6.93. The van der Waals surface area contributed by atoms with Crippen molar-refractivity contribution in [2.45, 2.75) is 32.2 Å². The highest BCUT2D eigenvalue weighted by atomic mass is 16.1. The number of aryl methyl sites for hydroxylation is 1. The minimum absolute atomic E-state index is 0.268. The summed E-state index contributed by atoms with van der Waals surface area (Å²) in [4.78, 5) is 11.6. The Balaban J connectivity index is 1.64. The standard InChI is InChI=1S/C16H18N2O/c19-16-8-4-7-14(16)9-10-18-12-15(11-17-18)13-5-2-1-3-6-13/h1-3,5-6,11-12,14H,4,7-10H2. The molecule has 1 aliphatic carbocycles. The first-order chi connectivity index (χ1) is 9.33. The van der Waals surface area contributed by atoms with E-state index >= 15 is 0 Å². The fourth-order valence-corrected chi connectivity index (χ4v) is 2.75. The van der Waals surface area contributed by atoms with Gasteiger partial charge >= 0.3 is 0 Å². The Morgan fingerprint density at radius 2 is 2.05 bits per heavy atom. The molecule has 3 rings (SSSR count). The Kier molecular flexibility index (Phi) is 3.45. The van der Waals surface area contributed by atoms with Gasteiger partial charge in [-0.15, -0.1) is 0 Å². The third-order valence-electron chi connectivity index (χ3n) is 3.88. The van der Waals surface area contributed by atoms with Gasteiger partial charge in [-0.05, 0) is 24.8 Å². The van der Waals surface area contributed by atoms with Gasteiger partial charge in [0.25, 0.3) is 0 Å². The lowest BCUT2D eigenvalue weighted by Crippen LogP contribution is -2.10. The van der Waals surface area contributed by atoms with E-state index in [-0.39, 0.29) is 5.92 Å². The second-order valence-corrected chi connectivity index (χ2v) is 5.20. The minimum Gasteiger partial charge on any atom is -0.299 e. The van der Waals surface area contributed by atoms with Crippen molar-refractivity contribution in [1.82, 2.24) is 9.78 Å². The Morgan fingerprint density at radius 1 is 1.21 bits per heavy atom. The highest BCUT2D eigenvalue weighted by Crippen LogP contribution is 2.25. The van der Waals surface area contributed by atoms with Crippen molar-refractivity contribution < 1.29 is 4.79 Å². The van der Waals surface area contributed by atoms with Crippen LogP contribution in [0.4, 0.5) is 0 Å². The molecule has 0 aliphatic heterocycles. The molecule has 0 radical (unpaired) electrons. The number of hydrogen-bond donors (Lipinski definition) is 0. The van der Waals surface area contributed by atoms with Crippen LogP contribution in [0.3, 0.4) is 0 Å². The normalized spacial score (nSPS) is 18.9. The lowest BCUT2D eigenvalue weighted by molar-refractivity contribution is -0.120. The number of Topliss-reactive ketones (excluding diaryl/α,β-unsaturated/α-hetero) is 1. The summed E-state index contributed by atoms with van der Waals surface area (Å²) in [6.45, 7) is 0.837. The molecule has 1 saturated carbocycles. The second kappa shape index (κ2) is 5.39. The van der Waals surface area contributed by atoms with Crippen LogP contribution in [0.5, 0.6) is 0 Å². The van der Waals surface area contributed by atoms with Crippen molar-refractivity contribution in [3.05, 3.63) is 42.7 Å². The molecule has 0 amide bonds. The predicted octanol–water partition coefficient (Wildman–Crippen LogP) is 3.31. The average molecular weight is 254 g/mol. The molecule has 0 saturated heterocycles. The maximum absolute atomic E-state index is 11.6. The van der Waals surface area contributed by atoms with E-state index in [4.69, 9.17) is 0 Å². The van der Waals surface area contributed by atoms with Gasteiger partial charge in [-0.1, -0.05) is 30.3 Å². The first kappa shape index (κ1) is 12.2. The number of rotatable bonds is 4. The van der Waals surface area contributed by atoms with Gasteiger partial charge in [-0.3, -0.25) is 9.48 Å². The molecule has 0 N–H and O–H groups in total. The Bertz CT molecular complexity index is 559. The van der Waals surface area contributed by atoms with Gasteiger partial charge in [-0.2, -0.15) is 5.10 Å². The molecule has 1 unspecified atom stereocenters. The van der Waals surface area contributed by atoms with Crippen LogP contribution < -0.4 is 0 Å². The lowest BCUT2D eigenvalue weighted by atomic mass is 10.0. The van der Waals surface area contributed by atoms with Crippen molar-refractivity contribution in [3.63, 3.8) is 0 Å². The van der Waals surface area contributed by atoms with E-state index in [1.807, 2.05) is 29.1 Å². The summed E-state index contributed by atoms with van der Waals surface area (Å²) in [5, 5.41) is 4.38. The van der Waals surface area contributed by atoms with Crippen LogP contribution in [0.25, 0.3) is 11.1 Å².